The number of carbonyl (C=O) groups excluding carboxylic acids is 3. The molecule has 4 aliphatic rings. The third kappa shape index (κ3) is 4.87. The van der Waals surface area contributed by atoms with Gasteiger partial charge in [-0.25, -0.2) is 0 Å². The van der Waals surface area contributed by atoms with Crippen LogP contribution in [0.25, 0.3) is 0 Å². The summed E-state index contributed by atoms with van der Waals surface area (Å²) in [5.41, 5.74) is 1.73. The molecule has 3 atom stereocenters. The Labute approximate surface area is 245 Å². The summed E-state index contributed by atoms with van der Waals surface area (Å²) >= 11 is 12.8. The number of ether oxygens (including phenoxy) is 1. The molecule has 214 valence electrons. The molecule has 1 amide bonds. The molecule has 1 heterocycles. The van der Waals surface area contributed by atoms with Gasteiger partial charge < -0.3 is 9.64 Å². The van der Waals surface area contributed by atoms with Gasteiger partial charge in [0.05, 0.1) is 45.6 Å². The van der Waals surface area contributed by atoms with Gasteiger partial charge in [0.1, 0.15) is 5.60 Å². The van der Waals surface area contributed by atoms with E-state index in [4.69, 9.17) is 33.0 Å². The van der Waals surface area contributed by atoms with Crippen molar-refractivity contribution < 1.29 is 19.1 Å². The summed E-state index contributed by atoms with van der Waals surface area (Å²) in [7, 11) is 0. The summed E-state index contributed by atoms with van der Waals surface area (Å²) in [6.07, 6.45) is 8.73. The van der Waals surface area contributed by atoms with Crippen molar-refractivity contribution >= 4 is 41.4 Å². The third-order valence-corrected chi connectivity index (χ3v) is 10.9. The first-order chi connectivity index (χ1) is 19.0. The van der Waals surface area contributed by atoms with Crippen molar-refractivity contribution in [3.8, 4) is 0 Å². The van der Waals surface area contributed by atoms with Gasteiger partial charge in [-0.2, -0.15) is 5.10 Å². The van der Waals surface area contributed by atoms with E-state index in [9.17, 15) is 14.4 Å². The highest BCUT2D eigenvalue weighted by atomic mass is 35.5. The molecule has 40 heavy (non-hydrogen) atoms. The third-order valence-electron chi connectivity index (χ3n) is 10.3. The van der Waals surface area contributed by atoms with E-state index in [-0.39, 0.29) is 35.9 Å². The van der Waals surface area contributed by atoms with Crippen molar-refractivity contribution in [2.45, 2.75) is 95.7 Å². The number of benzene rings is 1. The number of carbonyl (C=O) groups is 3. The number of amides is 1. The van der Waals surface area contributed by atoms with Crippen molar-refractivity contribution in [2.24, 2.45) is 17.3 Å². The molecule has 4 aliphatic carbocycles. The van der Waals surface area contributed by atoms with Gasteiger partial charge in [-0.05, 0) is 87.7 Å². The van der Waals surface area contributed by atoms with Crippen LogP contribution in [-0.4, -0.2) is 51.0 Å². The van der Waals surface area contributed by atoms with E-state index in [2.05, 4.69) is 18.5 Å². The van der Waals surface area contributed by atoms with Gasteiger partial charge in [-0.1, -0.05) is 43.1 Å². The van der Waals surface area contributed by atoms with E-state index in [1.807, 2.05) is 6.92 Å². The Kier molecular flexibility index (Phi) is 7.06. The van der Waals surface area contributed by atoms with Crippen molar-refractivity contribution in [1.29, 1.82) is 0 Å². The van der Waals surface area contributed by atoms with E-state index in [1.165, 1.54) is 0 Å². The first kappa shape index (κ1) is 27.8. The quantitative estimate of drug-likeness (QED) is 0.237. The maximum atomic E-state index is 14.4. The lowest BCUT2D eigenvalue weighted by Crippen LogP contribution is -2.44. The lowest BCUT2D eigenvalue weighted by molar-refractivity contribution is -0.145. The van der Waals surface area contributed by atoms with Gasteiger partial charge in [0.2, 0.25) is 0 Å². The van der Waals surface area contributed by atoms with E-state index in [0.717, 1.165) is 57.1 Å². The van der Waals surface area contributed by atoms with Crippen LogP contribution in [-0.2, 0) is 9.53 Å². The number of hydrogen-bond acceptors (Lipinski definition) is 5. The standard InChI is InChI=1S/C31H37Cl2N3O4/c1-30(2)22-13-20(14-23(22)30)35(16-26(38)27-24(32)5-4-6-25(27)33)29(39)21-15-34-36(28(21)18-7-8-18)19-9-11-31(3,12-10-19)40-17-37/h4-6,15,17-20,22-23H,7-14,16H2,1-3H3/t19?,20?,22-,23+,31?. The van der Waals surface area contributed by atoms with E-state index >= 15 is 0 Å². The number of halogens is 2. The minimum absolute atomic E-state index is 0.00739. The van der Waals surface area contributed by atoms with Gasteiger partial charge >= 0.3 is 0 Å². The Hall–Kier alpha value is -2.38. The molecule has 9 heteroatoms. The zero-order valence-electron chi connectivity index (χ0n) is 23.4. The number of hydrogen-bond donors (Lipinski definition) is 0. The van der Waals surface area contributed by atoms with Crippen LogP contribution in [0.2, 0.25) is 10.0 Å². The second-order valence-corrected chi connectivity index (χ2v) is 14.0. The van der Waals surface area contributed by atoms with Crippen LogP contribution in [0.15, 0.2) is 24.4 Å². The number of Topliss-reactive ketones (excluding diaryl/α,β-unsaturated/α-hetero) is 1. The Morgan fingerprint density at radius 1 is 1.07 bits per heavy atom. The maximum absolute atomic E-state index is 14.4. The molecule has 4 saturated carbocycles. The lowest BCUT2D eigenvalue weighted by atomic mass is 9.83. The van der Waals surface area contributed by atoms with Crippen LogP contribution in [0.5, 0.6) is 0 Å². The van der Waals surface area contributed by atoms with Crippen LogP contribution in [0, 0.1) is 17.3 Å². The molecule has 1 aromatic heterocycles. The SMILES string of the molecule is CC1(OC=O)CCC(n2ncc(C(=O)N(CC(=O)c3c(Cl)cccc3Cl)C3C[C@@H]4[C@H](C3)C4(C)C)c2C2CC2)CC1. The fourth-order valence-corrected chi connectivity index (χ4v) is 8.14. The molecule has 1 aromatic carbocycles. The number of aromatic nitrogens is 2. The van der Waals surface area contributed by atoms with Gasteiger partial charge in [-0.3, -0.25) is 19.1 Å². The number of nitrogens with zero attached hydrogens (tertiary/aromatic N) is 3. The van der Waals surface area contributed by atoms with Gasteiger partial charge in [0.15, 0.2) is 5.78 Å². The molecule has 6 rings (SSSR count). The van der Waals surface area contributed by atoms with E-state index < -0.39 is 5.60 Å². The lowest BCUT2D eigenvalue weighted by Gasteiger charge is -2.36. The molecule has 0 spiro atoms. The highest BCUT2D eigenvalue weighted by Gasteiger charge is 2.63. The molecule has 0 N–H and O–H groups in total. The average Bonchev–Trinajstić information content (AvgIpc) is 3.66. The molecule has 0 saturated heterocycles. The summed E-state index contributed by atoms with van der Waals surface area (Å²) in [6, 6.07) is 5.17. The number of fused-ring (bicyclic) bond motifs is 1. The minimum Gasteiger partial charge on any atom is -0.462 e. The van der Waals surface area contributed by atoms with Crippen molar-refractivity contribution in [3.63, 3.8) is 0 Å². The van der Waals surface area contributed by atoms with Crippen molar-refractivity contribution in [3.05, 3.63) is 51.3 Å². The molecule has 0 radical (unpaired) electrons. The fraction of sp³-hybridized carbons (Fsp3) is 0.613. The van der Waals surface area contributed by atoms with E-state index in [1.54, 1.807) is 29.3 Å². The molecule has 2 aromatic rings. The normalized spacial score (nSPS) is 30.4. The highest BCUT2D eigenvalue weighted by Crippen LogP contribution is 2.67. The monoisotopic (exact) mass is 585 g/mol. The predicted octanol–water partition coefficient (Wildman–Crippen LogP) is 6.87. The zero-order chi connectivity index (χ0) is 28.4. The predicted molar refractivity (Wildman–Crippen MR) is 153 cm³/mol. The highest BCUT2D eigenvalue weighted by molar-refractivity contribution is 6.40. The molecule has 4 fully saturated rings. The first-order valence-corrected chi connectivity index (χ1v) is 15.3. The molecule has 0 aliphatic heterocycles. The molecule has 7 nitrogen and oxygen atoms in total. The Bertz CT molecular complexity index is 1310. The zero-order valence-corrected chi connectivity index (χ0v) is 24.9. The van der Waals surface area contributed by atoms with Crippen LogP contribution in [0.3, 0.4) is 0 Å². The first-order valence-electron chi connectivity index (χ1n) is 14.5. The largest absolute Gasteiger partial charge is 0.462 e. The fourth-order valence-electron chi connectivity index (χ4n) is 7.53. The van der Waals surface area contributed by atoms with E-state index in [0.29, 0.717) is 45.2 Å². The van der Waals surface area contributed by atoms with Crippen LogP contribution >= 0.6 is 23.2 Å². The van der Waals surface area contributed by atoms with Crippen LogP contribution in [0.1, 0.15) is 111 Å². The number of ketones is 1. The number of rotatable bonds is 9. The Morgan fingerprint density at radius 3 is 2.27 bits per heavy atom. The maximum Gasteiger partial charge on any atom is 0.293 e. The second kappa shape index (κ2) is 10.2. The summed E-state index contributed by atoms with van der Waals surface area (Å²) in [6.45, 7) is 7.05. The summed E-state index contributed by atoms with van der Waals surface area (Å²) < 4.78 is 7.43. The molecular formula is C31H37Cl2N3O4. The van der Waals surface area contributed by atoms with Crippen molar-refractivity contribution in [1.82, 2.24) is 14.7 Å². The van der Waals surface area contributed by atoms with Gasteiger partial charge in [0.25, 0.3) is 12.4 Å². The van der Waals surface area contributed by atoms with Crippen molar-refractivity contribution in [2.75, 3.05) is 6.54 Å². The second-order valence-electron chi connectivity index (χ2n) is 13.2. The Balaban J connectivity index is 1.29. The Morgan fingerprint density at radius 2 is 1.70 bits per heavy atom. The smallest absolute Gasteiger partial charge is 0.293 e. The molecule has 1 unspecified atom stereocenters. The topological polar surface area (TPSA) is 81.5 Å². The molecular weight excluding hydrogens is 549 g/mol. The molecule has 0 bridgehead atoms. The average molecular weight is 587 g/mol. The van der Waals surface area contributed by atoms with Gasteiger partial charge in [-0.15, -0.1) is 0 Å². The van der Waals surface area contributed by atoms with Crippen LogP contribution < -0.4 is 0 Å². The summed E-state index contributed by atoms with van der Waals surface area (Å²) in [5.74, 6) is 1.07. The minimum atomic E-state index is -0.446. The van der Waals surface area contributed by atoms with Crippen LogP contribution in [0.4, 0.5) is 0 Å². The summed E-state index contributed by atoms with van der Waals surface area (Å²) in [4.78, 5) is 40.7. The van der Waals surface area contributed by atoms with Gasteiger partial charge in [0, 0.05) is 12.0 Å². The summed E-state index contributed by atoms with van der Waals surface area (Å²) in [5, 5.41) is 5.37.